The monoisotopic (exact) mass is 562 g/mol. The number of benzene rings is 2. The fraction of sp³-hybridized carbons (Fsp3) is 0.400. The highest BCUT2D eigenvalue weighted by atomic mass is 32.2. The molecule has 10 heteroatoms. The Balaban J connectivity index is 1.36. The van der Waals surface area contributed by atoms with E-state index < -0.39 is 10.0 Å². The van der Waals surface area contributed by atoms with E-state index >= 15 is 0 Å². The summed E-state index contributed by atoms with van der Waals surface area (Å²) in [6, 6.07) is 16.3. The van der Waals surface area contributed by atoms with Gasteiger partial charge in [-0.2, -0.15) is 4.31 Å². The number of ether oxygens (including phenoxy) is 1. The molecule has 1 N–H and O–H groups in total. The van der Waals surface area contributed by atoms with Gasteiger partial charge in [0.05, 0.1) is 19.1 Å². The SMILES string of the molecule is CCC(c1c[nH]c2ccc(CN(Cc3ccccc3)S(=O)(=O)CC)cc12)N1CCN(c2ncncc2OC)CC1. The molecule has 0 amide bonds. The van der Waals surface area contributed by atoms with Crippen molar-refractivity contribution in [3.63, 3.8) is 0 Å². The number of rotatable bonds is 11. The molecule has 1 aliphatic rings. The largest absolute Gasteiger partial charge is 0.491 e. The zero-order valence-corrected chi connectivity index (χ0v) is 24.3. The van der Waals surface area contributed by atoms with Crippen LogP contribution in [0.25, 0.3) is 10.9 Å². The third-order valence-corrected chi connectivity index (χ3v) is 9.55. The molecule has 0 spiro atoms. The Kier molecular flexibility index (Phi) is 8.68. The quantitative estimate of drug-likeness (QED) is 0.286. The fourth-order valence-corrected chi connectivity index (χ4v) is 6.66. The molecular formula is C30H38N6O3S. The summed E-state index contributed by atoms with van der Waals surface area (Å²) in [5, 5.41) is 1.15. The van der Waals surface area contributed by atoms with Crippen molar-refractivity contribution < 1.29 is 13.2 Å². The van der Waals surface area contributed by atoms with Crippen LogP contribution in [-0.2, 0) is 23.1 Å². The predicted molar refractivity (Wildman–Crippen MR) is 159 cm³/mol. The summed E-state index contributed by atoms with van der Waals surface area (Å²) in [5.41, 5.74) is 4.28. The number of methoxy groups -OCH3 is 1. The van der Waals surface area contributed by atoms with Crippen LogP contribution in [0.3, 0.4) is 0 Å². The van der Waals surface area contributed by atoms with Crippen molar-refractivity contribution in [2.45, 2.75) is 39.4 Å². The van der Waals surface area contributed by atoms with Gasteiger partial charge in [0, 0.05) is 62.4 Å². The summed E-state index contributed by atoms with van der Waals surface area (Å²) in [7, 11) is -1.74. The first kappa shape index (κ1) is 28.1. The Hall–Kier alpha value is -3.47. The number of nitrogens with one attached hydrogen (secondary N) is 1. The second-order valence-electron chi connectivity index (χ2n) is 10.1. The molecule has 1 fully saturated rings. The van der Waals surface area contributed by atoms with Gasteiger partial charge < -0.3 is 14.6 Å². The van der Waals surface area contributed by atoms with E-state index in [9.17, 15) is 8.42 Å². The van der Waals surface area contributed by atoms with E-state index in [4.69, 9.17) is 4.74 Å². The molecule has 0 aliphatic carbocycles. The van der Waals surface area contributed by atoms with Crippen molar-refractivity contribution >= 4 is 26.7 Å². The smallest absolute Gasteiger partial charge is 0.214 e. The lowest BCUT2D eigenvalue weighted by molar-refractivity contribution is 0.181. The number of fused-ring (bicyclic) bond motifs is 1. The van der Waals surface area contributed by atoms with E-state index in [1.807, 2.05) is 36.4 Å². The van der Waals surface area contributed by atoms with Crippen molar-refractivity contribution in [2.24, 2.45) is 0 Å². The highest BCUT2D eigenvalue weighted by Gasteiger charge is 2.28. The van der Waals surface area contributed by atoms with E-state index in [2.05, 4.69) is 50.0 Å². The molecular weight excluding hydrogens is 524 g/mol. The Morgan fingerprint density at radius 2 is 1.77 bits per heavy atom. The Labute approximate surface area is 236 Å². The first-order valence-electron chi connectivity index (χ1n) is 13.9. The molecule has 0 saturated carbocycles. The van der Waals surface area contributed by atoms with Crippen LogP contribution in [0, 0.1) is 0 Å². The van der Waals surface area contributed by atoms with E-state index in [-0.39, 0.29) is 11.8 Å². The maximum Gasteiger partial charge on any atom is 0.214 e. The van der Waals surface area contributed by atoms with Crippen LogP contribution in [0.1, 0.15) is 43.0 Å². The number of aromatic amines is 1. The van der Waals surface area contributed by atoms with Crippen molar-refractivity contribution in [3.8, 4) is 5.75 Å². The molecule has 0 bridgehead atoms. The second kappa shape index (κ2) is 12.4. The summed E-state index contributed by atoms with van der Waals surface area (Å²) < 4.78 is 33.1. The van der Waals surface area contributed by atoms with Crippen LogP contribution in [-0.4, -0.2) is 71.6 Å². The molecule has 1 atom stereocenters. The molecule has 2 aromatic carbocycles. The van der Waals surface area contributed by atoms with Gasteiger partial charge >= 0.3 is 0 Å². The minimum Gasteiger partial charge on any atom is -0.491 e. The minimum atomic E-state index is -3.38. The molecule has 40 heavy (non-hydrogen) atoms. The number of anilines is 1. The number of nitrogens with zero attached hydrogens (tertiary/aromatic N) is 5. The molecule has 1 saturated heterocycles. The summed E-state index contributed by atoms with van der Waals surface area (Å²) in [5.74, 6) is 1.60. The molecule has 1 aliphatic heterocycles. The standard InChI is InChI=1S/C30H38N6O3S/c1-4-28(34-13-15-35(16-14-34)30-29(39-3)19-31-22-33-30)26-18-32-27-12-11-24(17-25(26)27)21-36(40(37,38)5-2)20-23-9-7-6-8-10-23/h6-12,17-19,22,28,32H,4-5,13-16,20-21H2,1-3H3. The van der Waals surface area contributed by atoms with Gasteiger partial charge in [0.2, 0.25) is 10.0 Å². The summed E-state index contributed by atoms with van der Waals surface area (Å²) >= 11 is 0. The fourth-order valence-electron chi connectivity index (χ4n) is 5.60. The highest BCUT2D eigenvalue weighted by Crippen LogP contribution is 2.33. The number of piperazine rings is 1. The van der Waals surface area contributed by atoms with Crippen molar-refractivity contribution in [3.05, 3.63) is 83.9 Å². The van der Waals surface area contributed by atoms with E-state index in [0.717, 1.165) is 60.4 Å². The Bertz CT molecular complexity index is 1520. The Morgan fingerprint density at radius 1 is 1.02 bits per heavy atom. The molecule has 5 rings (SSSR count). The van der Waals surface area contributed by atoms with E-state index in [1.165, 1.54) is 5.56 Å². The topological polar surface area (TPSA) is 94.7 Å². The summed E-state index contributed by atoms with van der Waals surface area (Å²) in [6.07, 6.45) is 6.36. The number of hydrogen-bond acceptors (Lipinski definition) is 7. The van der Waals surface area contributed by atoms with Crippen LogP contribution in [0.15, 0.2) is 67.3 Å². The van der Waals surface area contributed by atoms with Gasteiger partial charge in [-0.25, -0.2) is 18.4 Å². The molecule has 0 radical (unpaired) electrons. The zero-order valence-electron chi connectivity index (χ0n) is 23.5. The molecule has 3 heterocycles. The number of sulfonamides is 1. The average Bonchev–Trinajstić information content (AvgIpc) is 3.41. The van der Waals surface area contributed by atoms with Crippen LogP contribution in [0.4, 0.5) is 5.82 Å². The van der Waals surface area contributed by atoms with Crippen molar-refractivity contribution in [1.82, 2.24) is 24.2 Å². The van der Waals surface area contributed by atoms with Gasteiger partial charge in [0.15, 0.2) is 11.6 Å². The first-order chi connectivity index (χ1) is 19.4. The third kappa shape index (κ3) is 5.99. The lowest BCUT2D eigenvalue weighted by atomic mass is 9.99. The molecule has 1 unspecified atom stereocenters. The van der Waals surface area contributed by atoms with E-state index in [1.54, 1.807) is 30.9 Å². The van der Waals surface area contributed by atoms with Crippen LogP contribution in [0.5, 0.6) is 5.75 Å². The number of hydrogen-bond donors (Lipinski definition) is 1. The second-order valence-corrected chi connectivity index (χ2v) is 12.4. The van der Waals surface area contributed by atoms with Gasteiger partial charge in [-0.15, -0.1) is 0 Å². The third-order valence-electron chi connectivity index (χ3n) is 7.78. The molecule has 2 aromatic heterocycles. The van der Waals surface area contributed by atoms with E-state index in [0.29, 0.717) is 18.8 Å². The number of aromatic nitrogens is 3. The lowest BCUT2D eigenvalue weighted by Crippen LogP contribution is -2.48. The van der Waals surface area contributed by atoms with Crippen molar-refractivity contribution in [2.75, 3.05) is 43.9 Å². The van der Waals surface area contributed by atoms with Gasteiger partial charge in [-0.1, -0.05) is 43.3 Å². The van der Waals surface area contributed by atoms with Crippen LogP contribution >= 0.6 is 0 Å². The molecule has 4 aromatic rings. The summed E-state index contributed by atoms with van der Waals surface area (Å²) in [4.78, 5) is 16.8. The van der Waals surface area contributed by atoms with Crippen LogP contribution in [0.2, 0.25) is 0 Å². The maximum absolute atomic E-state index is 13.0. The van der Waals surface area contributed by atoms with Gasteiger partial charge in [0.1, 0.15) is 6.33 Å². The number of H-pyrrole nitrogens is 1. The summed E-state index contributed by atoms with van der Waals surface area (Å²) in [6.45, 7) is 8.11. The van der Waals surface area contributed by atoms with Crippen molar-refractivity contribution in [1.29, 1.82) is 0 Å². The molecule has 212 valence electrons. The van der Waals surface area contributed by atoms with Gasteiger partial charge in [-0.3, -0.25) is 4.90 Å². The minimum absolute atomic E-state index is 0.0717. The van der Waals surface area contributed by atoms with Gasteiger partial charge in [-0.05, 0) is 42.2 Å². The normalized spacial score (nSPS) is 15.6. The first-order valence-corrected chi connectivity index (χ1v) is 15.5. The average molecular weight is 563 g/mol. The predicted octanol–water partition coefficient (Wildman–Crippen LogP) is 4.59. The Morgan fingerprint density at radius 3 is 2.48 bits per heavy atom. The molecule has 9 nitrogen and oxygen atoms in total. The maximum atomic E-state index is 13.0. The zero-order chi connectivity index (χ0) is 28.1. The lowest BCUT2D eigenvalue weighted by Gasteiger charge is -2.39. The van der Waals surface area contributed by atoms with Gasteiger partial charge in [0.25, 0.3) is 0 Å². The highest BCUT2D eigenvalue weighted by molar-refractivity contribution is 7.89. The van der Waals surface area contributed by atoms with Crippen LogP contribution < -0.4 is 9.64 Å².